The summed E-state index contributed by atoms with van der Waals surface area (Å²) in [5.41, 5.74) is 1.26. The summed E-state index contributed by atoms with van der Waals surface area (Å²) in [7, 11) is 0. The minimum absolute atomic E-state index is 0.0639. The topological polar surface area (TPSA) is 21.3 Å². The van der Waals surface area contributed by atoms with Crippen LogP contribution in [0.15, 0.2) is 24.3 Å². The smallest absolute Gasteiger partial charge is 0.124 e. The second-order valence-corrected chi connectivity index (χ2v) is 6.34. The maximum atomic E-state index is 6.05. The van der Waals surface area contributed by atoms with E-state index in [9.17, 15) is 0 Å². The van der Waals surface area contributed by atoms with Crippen LogP contribution in [-0.4, -0.2) is 12.1 Å². The Balaban J connectivity index is 1.71. The Kier molecular flexibility index (Phi) is 3.06. The van der Waals surface area contributed by atoms with E-state index in [0.717, 1.165) is 24.6 Å². The van der Waals surface area contributed by atoms with E-state index < -0.39 is 0 Å². The van der Waals surface area contributed by atoms with Crippen molar-refractivity contribution < 1.29 is 4.74 Å². The zero-order valence-corrected chi connectivity index (χ0v) is 11.4. The van der Waals surface area contributed by atoms with E-state index >= 15 is 0 Å². The Morgan fingerprint density at radius 3 is 2.83 bits per heavy atom. The maximum Gasteiger partial charge on any atom is 0.124 e. The SMILES string of the molecule is CC1(C)CC(NCCC2CC2)c2ccccc2O1. The zero-order chi connectivity index (χ0) is 12.6. The van der Waals surface area contributed by atoms with Crippen molar-refractivity contribution in [3.05, 3.63) is 29.8 Å². The van der Waals surface area contributed by atoms with Crippen LogP contribution in [0.25, 0.3) is 0 Å². The summed E-state index contributed by atoms with van der Waals surface area (Å²) in [5.74, 6) is 2.05. The fourth-order valence-electron chi connectivity index (χ4n) is 2.85. The van der Waals surface area contributed by atoms with Gasteiger partial charge in [0.1, 0.15) is 11.4 Å². The Labute approximate surface area is 110 Å². The zero-order valence-electron chi connectivity index (χ0n) is 11.4. The van der Waals surface area contributed by atoms with Crippen LogP contribution >= 0.6 is 0 Å². The molecule has 2 aliphatic rings. The van der Waals surface area contributed by atoms with Crippen molar-refractivity contribution in [2.45, 2.75) is 51.2 Å². The second-order valence-electron chi connectivity index (χ2n) is 6.34. The van der Waals surface area contributed by atoms with Crippen LogP contribution in [0.2, 0.25) is 0 Å². The summed E-state index contributed by atoms with van der Waals surface area (Å²) >= 11 is 0. The Morgan fingerprint density at radius 2 is 2.06 bits per heavy atom. The Morgan fingerprint density at radius 1 is 1.28 bits per heavy atom. The highest BCUT2D eigenvalue weighted by Gasteiger charge is 2.33. The predicted octanol–water partition coefficient (Wildman–Crippen LogP) is 3.68. The highest BCUT2D eigenvalue weighted by molar-refractivity contribution is 5.38. The maximum absolute atomic E-state index is 6.05. The Bertz CT molecular complexity index is 423. The average molecular weight is 245 g/mol. The van der Waals surface area contributed by atoms with Crippen LogP contribution in [0.3, 0.4) is 0 Å². The average Bonchev–Trinajstić information content (AvgIpc) is 3.11. The van der Waals surface area contributed by atoms with E-state index in [-0.39, 0.29) is 5.60 Å². The number of rotatable bonds is 4. The van der Waals surface area contributed by atoms with Crippen molar-refractivity contribution in [1.29, 1.82) is 0 Å². The van der Waals surface area contributed by atoms with Crippen molar-refractivity contribution in [3.8, 4) is 5.75 Å². The molecule has 3 rings (SSSR count). The minimum atomic E-state index is -0.0639. The number of benzene rings is 1. The summed E-state index contributed by atoms with van der Waals surface area (Å²) in [6.45, 7) is 5.50. The summed E-state index contributed by atoms with van der Waals surface area (Å²) in [4.78, 5) is 0. The quantitative estimate of drug-likeness (QED) is 0.873. The molecule has 1 heterocycles. The van der Waals surface area contributed by atoms with Gasteiger partial charge < -0.3 is 10.1 Å². The van der Waals surface area contributed by atoms with E-state index in [2.05, 4.69) is 43.4 Å². The standard InChI is InChI=1S/C16H23NO/c1-16(2)11-14(17-10-9-12-7-8-12)13-5-3-4-6-15(13)18-16/h3-6,12,14,17H,7-11H2,1-2H3. The van der Waals surface area contributed by atoms with Crippen molar-refractivity contribution in [2.75, 3.05) is 6.54 Å². The molecule has 0 aromatic heterocycles. The van der Waals surface area contributed by atoms with Gasteiger partial charge in [-0.1, -0.05) is 31.0 Å². The third-order valence-electron chi connectivity index (χ3n) is 4.02. The molecule has 1 unspecified atom stereocenters. The lowest BCUT2D eigenvalue weighted by Gasteiger charge is -2.38. The third-order valence-corrected chi connectivity index (χ3v) is 4.02. The molecule has 2 nitrogen and oxygen atoms in total. The molecule has 0 radical (unpaired) electrons. The van der Waals surface area contributed by atoms with E-state index in [0.29, 0.717) is 6.04 Å². The van der Waals surface area contributed by atoms with Gasteiger partial charge in [0.05, 0.1) is 0 Å². The fourth-order valence-corrected chi connectivity index (χ4v) is 2.85. The van der Waals surface area contributed by atoms with Crippen molar-refractivity contribution in [3.63, 3.8) is 0 Å². The highest BCUT2D eigenvalue weighted by Crippen LogP contribution is 2.39. The molecule has 1 aromatic rings. The normalized spacial score (nSPS) is 25.3. The molecule has 1 fully saturated rings. The molecule has 1 aliphatic carbocycles. The van der Waals surface area contributed by atoms with Gasteiger partial charge in [0, 0.05) is 18.0 Å². The number of fused-ring (bicyclic) bond motifs is 1. The number of hydrogen-bond acceptors (Lipinski definition) is 2. The molecule has 0 spiro atoms. The van der Waals surface area contributed by atoms with Gasteiger partial charge in [0.15, 0.2) is 0 Å². The number of hydrogen-bond donors (Lipinski definition) is 1. The van der Waals surface area contributed by atoms with E-state index in [1.54, 1.807) is 0 Å². The summed E-state index contributed by atoms with van der Waals surface area (Å²) < 4.78 is 6.05. The molecular formula is C16H23NO. The van der Waals surface area contributed by atoms with Gasteiger partial charge in [-0.15, -0.1) is 0 Å². The van der Waals surface area contributed by atoms with Crippen LogP contribution < -0.4 is 10.1 Å². The molecule has 18 heavy (non-hydrogen) atoms. The lowest BCUT2D eigenvalue weighted by atomic mass is 9.89. The number of para-hydroxylation sites is 1. The first-order chi connectivity index (χ1) is 8.64. The fraction of sp³-hybridized carbons (Fsp3) is 0.625. The van der Waals surface area contributed by atoms with Gasteiger partial charge in [-0.2, -0.15) is 0 Å². The van der Waals surface area contributed by atoms with Gasteiger partial charge in [-0.3, -0.25) is 0 Å². The lowest BCUT2D eigenvalue weighted by Crippen LogP contribution is -2.39. The van der Waals surface area contributed by atoms with Crippen molar-refractivity contribution >= 4 is 0 Å². The van der Waals surface area contributed by atoms with Crippen LogP contribution in [-0.2, 0) is 0 Å². The van der Waals surface area contributed by atoms with Crippen LogP contribution in [0.4, 0.5) is 0 Å². The van der Waals surface area contributed by atoms with Gasteiger partial charge in [-0.05, 0) is 38.8 Å². The molecule has 0 amide bonds. The molecule has 0 saturated heterocycles. The van der Waals surface area contributed by atoms with Gasteiger partial charge >= 0.3 is 0 Å². The van der Waals surface area contributed by atoms with E-state index in [1.807, 2.05) is 0 Å². The van der Waals surface area contributed by atoms with Crippen LogP contribution in [0.5, 0.6) is 5.75 Å². The van der Waals surface area contributed by atoms with Crippen molar-refractivity contribution in [2.24, 2.45) is 5.92 Å². The minimum Gasteiger partial charge on any atom is -0.487 e. The van der Waals surface area contributed by atoms with E-state index in [4.69, 9.17) is 4.74 Å². The number of ether oxygens (including phenoxy) is 1. The molecule has 1 saturated carbocycles. The molecule has 98 valence electrons. The largest absolute Gasteiger partial charge is 0.487 e. The van der Waals surface area contributed by atoms with Gasteiger partial charge in [0.2, 0.25) is 0 Å². The first kappa shape index (κ1) is 12.0. The molecular weight excluding hydrogens is 222 g/mol. The highest BCUT2D eigenvalue weighted by atomic mass is 16.5. The first-order valence-electron chi connectivity index (χ1n) is 7.15. The number of nitrogens with one attached hydrogen (secondary N) is 1. The predicted molar refractivity (Wildman–Crippen MR) is 73.9 cm³/mol. The first-order valence-corrected chi connectivity index (χ1v) is 7.15. The van der Waals surface area contributed by atoms with Crippen LogP contribution in [0, 0.1) is 5.92 Å². The summed E-state index contributed by atoms with van der Waals surface area (Å²) in [5, 5.41) is 3.72. The molecule has 1 aliphatic heterocycles. The molecule has 1 atom stereocenters. The van der Waals surface area contributed by atoms with Gasteiger partial charge in [-0.25, -0.2) is 0 Å². The summed E-state index contributed by atoms with van der Waals surface area (Å²) in [6, 6.07) is 8.90. The summed E-state index contributed by atoms with van der Waals surface area (Å²) in [6.07, 6.45) is 5.27. The second kappa shape index (κ2) is 4.58. The third kappa shape index (κ3) is 2.69. The lowest BCUT2D eigenvalue weighted by molar-refractivity contribution is 0.0660. The molecule has 1 aromatic carbocycles. The monoisotopic (exact) mass is 245 g/mol. The molecule has 0 bridgehead atoms. The molecule has 2 heteroatoms. The van der Waals surface area contributed by atoms with Gasteiger partial charge in [0.25, 0.3) is 0 Å². The van der Waals surface area contributed by atoms with Crippen molar-refractivity contribution in [1.82, 2.24) is 5.32 Å². The van der Waals surface area contributed by atoms with Crippen LogP contribution in [0.1, 0.15) is 51.1 Å². The molecule has 1 N–H and O–H groups in total. The Hall–Kier alpha value is -1.02. The van der Waals surface area contributed by atoms with E-state index in [1.165, 1.54) is 24.8 Å².